The molecule has 0 amide bonds. The summed E-state index contributed by atoms with van der Waals surface area (Å²) in [5.41, 5.74) is 0. The Bertz CT molecular complexity index is 114. The van der Waals surface area contributed by atoms with Crippen LogP contribution in [0.2, 0.25) is 0 Å². The molecular weight excluding hydrogens is 160 g/mol. The maximum absolute atomic E-state index is 9.37. The van der Waals surface area contributed by atoms with Gasteiger partial charge in [-0.1, -0.05) is 6.92 Å². The summed E-state index contributed by atoms with van der Waals surface area (Å²) in [7, 11) is 0. The van der Waals surface area contributed by atoms with E-state index in [2.05, 4.69) is 0 Å². The minimum Gasteiger partial charge on any atom is -0.393 e. The fraction of sp³-hybridized carbons (Fsp3) is 1.00. The van der Waals surface area contributed by atoms with Crippen molar-refractivity contribution >= 4 is 0 Å². The first kappa shape index (κ1) is 11.8. The van der Waals surface area contributed by atoms with Gasteiger partial charge < -0.3 is 20.4 Å². The standard InChI is InChI=1S/C8H18O4/c1-3-6(8(11)12)7(10)4-5(2)9/h5-12H,3-4H2,1-2H3. The zero-order valence-corrected chi connectivity index (χ0v) is 7.51. The highest BCUT2D eigenvalue weighted by Crippen LogP contribution is 2.16. The average molecular weight is 178 g/mol. The van der Waals surface area contributed by atoms with Gasteiger partial charge in [-0.2, -0.15) is 0 Å². The summed E-state index contributed by atoms with van der Waals surface area (Å²) >= 11 is 0. The second kappa shape index (κ2) is 5.48. The Kier molecular flexibility index (Phi) is 5.41. The van der Waals surface area contributed by atoms with Gasteiger partial charge in [0.1, 0.15) is 0 Å². The Hall–Kier alpha value is -0.160. The second-order valence-electron chi connectivity index (χ2n) is 3.14. The SMILES string of the molecule is CCC(C(O)O)C(O)CC(C)O. The fourth-order valence-corrected chi connectivity index (χ4v) is 1.21. The van der Waals surface area contributed by atoms with E-state index >= 15 is 0 Å². The first-order valence-corrected chi connectivity index (χ1v) is 4.21. The third kappa shape index (κ3) is 4.01. The molecule has 0 saturated carbocycles. The van der Waals surface area contributed by atoms with Crippen molar-refractivity contribution in [2.24, 2.45) is 5.92 Å². The molecule has 3 unspecified atom stereocenters. The predicted octanol–water partition coefficient (Wildman–Crippen LogP) is -0.545. The van der Waals surface area contributed by atoms with Gasteiger partial charge in [0.05, 0.1) is 12.2 Å². The minimum atomic E-state index is -1.51. The van der Waals surface area contributed by atoms with Crippen molar-refractivity contribution in [2.75, 3.05) is 0 Å². The van der Waals surface area contributed by atoms with Crippen molar-refractivity contribution in [3.63, 3.8) is 0 Å². The molecule has 4 nitrogen and oxygen atoms in total. The van der Waals surface area contributed by atoms with Gasteiger partial charge in [-0.15, -0.1) is 0 Å². The van der Waals surface area contributed by atoms with Crippen LogP contribution in [0.15, 0.2) is 0 Å². The summed E-state index contributed by atoms with van der Waals surface area (Å²) < 4.78 is 0. The van der Waals surface area contributed by atoms with Crippen molar-refractivity contribution in [1.29, 1.82) is 0 Å². The van der Waals surface area contributed by atoms with Gasteiger partial charge in [-0.25, -0.2) is 0 Å². The van der Waals surface area contributed by atoms with Gasteiger partial charge in [0.15, 0.2) is 6.29 Å². The van der Waals surface area contributed by atoms with Crippen molar-refractivity contribution in [3.8, 4) is 0 Å². The molecule has 3 atom stereocenters. The smallest absolute Gasteiger partial charge is 0.156 e. The molecule has 74 valence electrons. The zero-order chi connectivity index (χ0) is 9.72. The summed E-state index contributed by atoms with van der Waals surface area (Å²) in [6.07, 6.45) is -2.33. The van der Waals surface area contributed by atoms with Crippen LogP contribution in [0, 0.1) is 5.92 Å². The zero-order valence-electron chi connectivity index (χ0n) is 7.51. The van der Waals surface area contributed by atoms with Crippen molar-refractivity contribution in [3.05, 3.63) is 0 Å². The summed E-state index contributed by atoms with van der Waals surface area (Å²) in [4.78, 5) is 0. The molecule has 0 spiro atoms. The number of hydrogen-bond donors (Lipinski definition) is 4. The van der Waals surface area contributed by atoms with Crippen molar-refractivity contribution in [2.45, 2.75) is 45.2 Å². The van der Waals surface area contributed by atoms with Crippen LogP contribution in [0.1, 0.15) is 26.7 Å². The van der Waals surface area contributed by atoms with Gasteiger partial charge in [0.2, 0.25) is 0 Å². The van der Waals surface area contributed by atoms with Crippen LogP contribution >= 0.6 is 0 Å². The Morgan fingerprint density at radius 1 is 1.08 bits per heavy atom. The van der Waals surface area contributed by atoms with Crippen LogP contribution in [0.25, 0.3) is 0 Å². The molecule has 0 aliphatic heterocycles. The molecule has 0 rings (SSSR count). The number of aliphatic hydroxyl groups excluding tert-OH is 3. The van der Waals surface area contributed by atoms with E-state index in [1.807, 2.05) is 0 Å². The fourth-order valence-electron chi connectivity index (χ4n) is 1.21. The summed E-state index contributed by atoms with van der Waals surface area (Å²) in [5, 5.41) is 35.9. The first-order valence-electron chi connectivity index (χ1n) is 4.21. The lowest BCUT2D eigenvalue weighted by Crippen LogP contribution is -2.33. The van der Waals surface area contributed by atoms with Crippen LogP contribution in [0.4, 0.5) is 0 Å². The second-order valence-corrected chi connectivity index (χ2v) is 3.14. The van der Waals surface area contributed by atoms with Gasteiger partial charge in [-0.3, -0.25) is 0 Å². The van der Waals surface area contributed by atoms with Gasteiger partial charge in [0.25, 0.3) is 0 Å². The highest BCUT2D eigenvalue weighted by molar-refractivity contribution is 4.71. The monoisotopic (exact) mass is 178 g/mol. The number of aliphatic hydroxyl groups is 4. The Morgan fingerprint density at radius 3 is 1.83 bits per heavy atom. The maximum Gasteiger partial charge on any atom is 0.156 e. The van der Waals surface area contributed by atoms with Crippen molar-refractivity contribution in [1.82, 2.24) is 0 Å². The summed E-state index contributed by atoms with van der Waals surface area (Å²) in [6, 6.07) is 0. The first-order chi connectivity index (χ1) is 5.49. The van der Waals surface area contributed by atoms with E-state index in [9.17, 15) is 5.11 Å². The molecule has 0 aromatic heterocycles. The van der Waals surface area contributed by atoms with E-state index in [0.29, 0.717) is 6.42 Å². The van der Waals surface area contributed by atoms with Gasteiger partial charge in [-0.05, 0) is 19.8 Å². The Balaban J connectivity index is 3.94. The topological polar surface area (TPSA) is 80.9 Å². The predicted molar refractivity (Wildman–Crippen MR) is 44.3 cm³/mol. The molecule has 4 N–H and O–H groups in total. The molecule has 0 heterocycles. The molecule has 0 aromatic carbocycles. The molecule has 0 saturated heterocycles. The third-order valence-corrected chi connectivity index (χ3v) is 1.93. The van der Waals surface area contributed by atoms with E-state index in [-0.39, 0.29) is 6.42 Å². The van der Waals surface area contributed by atoms with Crippen LogP contribution in [-0.4, -0.2) is 38.9 Å². The highest BCUT2D eigenvalue weighted by Gasteiger charge is 2.24. The number of rotatable bonds is 5. The molecule has 12 heavy (non-hydrogen) atoms. The van der Waals surface area contributed by atoms with Gasteiger partial charge in [0, 0.05) is 5.92 Å². The van der Waals surface area contributed by atoms with Crippen LogP contribution in [0.5, 0.6) is 0 Å². The van der Waals surface area contributed by atoms with E-state index in [0.717, 1.165) is 0 Å². The molecule has 4 heteroatoms. The average Bonchev–Trinajstić information content (AvgIpc) is 1.85. The maximum atomic E-state index is 9.37. The minimum absolute atomic E-state index is 0.177. The molecule has 0 radical (unpaired) electrons. The van der Waals surface area contributed by atoms with Crippen LogP contribution in [0.3, 0.4) is 0 Å². The van der Waals surface area contributed by atoms with Crippen molar-refractivity contribution < 1.29 is 20.4 Å². The Morgan fingerprint density at radius 2 is 1.58 bits per heavy atom. The lowest BCUT2D eigenvalue weighted by Gasteiger charge is -2.23. The molecule has 0 bridgehead atoms. The molecule has 0 fully saturated rings. The normalized spacial score (nSPS) is 19.2. The lowest BCUT2D eigenvalue weighted by molar-refractivity contribution is -0.124. The van der Waals surface area contributed by atoms with E-state index in [1.54, 1.807) is 13.8 Å². The highest BCUT2D eigenvalue weighted by atomic mass is 16.5. The molecule has 0 aliphatic rings. The summed E-state index contributed by atoms with van der Waals surface area (Å²) in [6.45, 7) is 3.31. The van der Waals surface area contributed by atoms with Crippen LogP contribution in [-0.2, 0) is 0 Å². The quantitative estimate of drug-likeness (QED) is 0.426. The van der Waals surface area contributed by atoms with Gasteiger partial charge >= 0.3 is 0 Å². The largest absolute Gasteiger partial charge is 0.393 e. The molecule has 0 aromatic rings. The van der Waals surface area contributed by atoms with Crippen LogP contribution < -0.4 is 0 Å². The van der Waals surface area contributed by atoms with E-state index in [1.165, 1.54) is 0 Å². The lowest BCUT2D eigenvalue weighted by atomic mass is 9.95. The molecule has 0 aliphatic carbocycles. The Labute approximate surface area is 72.5 Å². The third-order valence-electron chi connectivity index (χ3n) is 1.93. The van der Waals surface area contributed by atoms with E-state index < -0.39 is 24.4 Å². The molecular formula is C8H18O4. The number of hydrogen-bond acceptors (Lipinski definition) is 4. The summed E-state index contributed by atoms with van der Waals surface area (Å²) in [5.74, 6) is -0.570. The van der Waals surface area contributed by atoms with E-state index in [4.69, 9.17) is 15.3 Å².